The van der Waals surface area contributed by atoms with Gasteiger partial charge in [0.1, 0.15) is 0 Å². The van der Waals surface area contributed by atoms with Crippen LogP contribution in [0.4, 0.5) is 0 Å². The molecule has 5 rings (SSSR count). The first-order valence-corrected chi connectivity index (χ1v) is 15.1. The van der Waals surface area contributed by atoms with Crippen molar-refractivity contribution in [2.24, 2.45) is 4.99 Å². The summed E-state index contributed by atoms with van der Waals surface area (Å²) in [5.41, 5.74) is 6.44. The first kappa shape index (κ1) is 29.6. The monoisotopic (exact) mass is 649 g/mol. The molecule has 10 heteroatoms. The second-order valence-electron chi connectivity index (χ2n) is 10.0. The fourth-order valence-corrected chi connectivity index (χ4v) is 6.91. The number of benzene rings is 2. The van der Waals surface area contributed by atoms with Crippen LogP contribution in [-0.2, 0) is 9.53 Å². The second kappa shape index (κ2) is 11.8. The van der Waals surface area contributed by atoms with Gasteiger partial charge in [-0.3, -0.25) is 9.36 Å². The molecule has 8 nitrogen and oxygen atoms in total. The summed E-state index contributed by atoms with van der Waals surface area (Å²) in [6.45, 7) is 9.86. The average Bonchev–Trinajstić information content (AvgIpc) is 3.42. The Morgan fingerprint density at radius 1 is 1.05 bits per heavy atom. The smallest absolute Gasteiger partial charge is 0.338 e. The van der Waals surface area contributed by atoms with E-state index in [1.807, 2.05) is 13.0 Å². The molecular formula is C32H32BrN3O5S. The van der Waals surface area contributed by atoms with Crippen LogP contribution in [0, 0.1) is 20.8 Å². The summed E-state index contributed by atoms with van der Waals surface area (Å²) in [4.78, 5) is 32.7. The molecular weight excluding hydrogens is 618 g/mol. The third-order valence-corrected chi connectivity index (χ3v) is 9.03. The zero-order chi connectivity index (χ0) is 30.3. The van der Waals surface area contributed by atoms with Crippen LogP contribution in [0.1, 0.15) is 48.0 Å². The summed E-state index contributed by atoms with van der Waals surface area (Å²) < 4.78 is 21.4. The summed E-state index contributed by atoms with van der Waals surface area (Å²) in [7, 11) is 3.10. The second-order valence-corrected chi connectivity index (χ2v) is 11.9. The molecule has 0 bridgehead atoms. The normalized spacial score (nSPS) is 15.0. The molecule has 0 radical (unpaired) electrons. The van der Waals surface area contributed by atoms with E-state index in [0.717, 1.165) is 22.6 Å². The van der Waals surface area contributed by atoms with E-state index in [1.165, 1.54) is 16.9 Å². The minimum Gasteiger partial charge on any atom is -0.493 e. The van der Waals surface area contributed by atoms with Crippen molar-refractivity contribution >= 4 is 39.3 Å². The van der Waals surface area contributed by atoms with Crippen molar-refractivity contribution in [3.05, 3.63) is 106 Å². The quantitative estimate of drug-likeness (QED) is 0.254. The van der Waals surface area contributed by atoms with Crippen LogP contribution in [0.25, 0.3) is 11.8 Å². The summed E-state index contributed by atoms with van der Waals surface area (Å²) in [6, 6.07) is 13.2. The molecule has 0 aliphatic carbocycles. The van der Waals surface area contributed by atoms with Crippen LogP contribution in [0.5, 0.6) is 11.5 Å². The van der Waals surface area contributed by atoms with Gasteiger partial charge in [0.15, 0.2) is 16.3 Å². The van der Waals surface area contributed by atoms with Crippen molar-refractivity contribution in [1.29, 1.82) is 0 Å². The van der Waals surface area contributed by atoms with Gasteiger partial charge in [-0.15, -0.1) is 0 Å². The Kier molecular flexibility index (Phi) is 8.30. The molecule has 0 spiro atoms. The Morgan fingerprint density at radius 2 is 1.71 bits per heavy atom. The Labute approximate surface area is 256 Å². The third kappa shape index (κ3) is 5.13. The van der Waals surface area contributed by atoms with Gasteiger partial charge in [-0.05, 0) is 82.2 Å². The molecule has 2 aromatic carbocycles. The Balaban J connectivity index is 1.73. The molecule has 3 heterocycles. The van der Waals surface area contributed by atoms with Crippen molar-refractivity contribution in [3.8, 4) is 17.2 Å². The van der Waals surface area contributed by atoms with Crippen LogP contribution in [-0.4, -0.2) is 35.9 Å². The first-order chi connectivity index (χ1) is 20.1. The van der Waals surface area contributed by atoms with Gasteiger partial charge in [-0.2, -0.15) is 0 Å². The Bertz CT molecular complexity index is 1910. The van der Waals surface area contributed by atoms with Crippen LogP contribution in [0.15, 0.2) is 68.0 Å². The molecule has 42 heavy (non-hydrogen) atoms. The van der Waals surface area contributed by atoms with Crippen LogP contribution < -0.4 is 24.4 Å². The number of hydrogen-bond donors (Lipinski definition) is 0. The van der Waals surface area contributed by atoms with E-state index in [-0.39, 0.29) is 12.2 Å². The highest BCUT2D eigenvalue weighted by Crippen LogP contribution is 2.40. The summed E-state index contributed by atoms with van der Waals surface area (Å²) >= 11 is 4.94. The van der Waals surface area contributed by atoms with Crippen LogP contribution in [0.3, 0.4) is 0 Å². The number of hydrogen-bond acceptors (Lipinski definition) is 7. The largest absolute Gasteiger partial charge is 0.493 e. The summed E-state index contributed by atoms with van der Waals surface area (Å²) in [5.74, 6) is 0.462. The van der Waals surface area contributed by atoms with E-state index in [0.29, 0.717) is 42.1 Å². The number of thiazole rings is 1. The zero-order valence-electron chi connectivity index (χ0n) is 24.6. The predicted molar refractivity (Wildman–Crippen MR) is 168 cm³/mol. The van der Waals surface area contributed by atoms with Crippen molar-refractivity contribution in [2.45, 2.75) is 40.7 Å². The number of nitrogens with zero attached hydrogens (tertiary/aromatic N) is 3. The molecule has 4 aromatic rings. The maximum absolute atomic E-state index is 14.2. The topological polar surface area (TPSA) is 84.1 Å². The number of methoxy groups -OCH3 is 2. The van der Waals surface area contributed by atoms with Gasteiger partial charge in [0.25, 0.3) is 5.56 Å². The number of allylic oxidation sites excluding steroid dienone is 1. The fraction of sp³-hybridized carbons (Fsp3) is 0.281. The van der Waals surface area contributed by atoms with Gasteiger partial charge in [-0.25, -0.2) is 9.79 Å². The molecule has 1 aliphatic rings. The van der Waals surface area contributed by atoms with Gasteiger partial charge in [-0.1, -0.05) is 45.0 Å². The highest BCUT2D eigenvalue weighted by molar-refractivity contribution is 9.10. The number of rotatable bonds is 7. The number of aromatic nitrogens is 2. The van der Waals surface area contributed by atoms with E-state index in [4.69, 9.17) is 19.2 Å². The highest BCUT2D eigenvalue weighted by Gasteiger charge is 2.35. The number of esters is 1. The van der Waals surface area contributed by atoms with E-state index in [9.17, 15) is 9.59 Å². The molecule has 1 aliphatic heterocycles. The highest BCUT2D eigenvalue weighted by atomic mass is 79.9. The Morgan fingerprint density at radius 3 is 2.36 bits per heavy atom. The maximum atomic E-state index is 14.2. The lowest BCUT2D eigenvalue weighted by molar-refractivity contribution is -0.139. The lowest BCUT2D eigenvalue weighted by Crippen LogP contribution is -2.40. The average molecular weight is 651 g/mol. The molecule has 0 saturated heterocycles. The number of carbonyl (C=O) groups excluding carboxylic acids is 1. The molecule has 0 unspecified atom stereocenters. The Hall–Kier alpha value is -3.89. The minimum absolute atomic E-state index is 0.191. The fourth-order valence-electron chi connectivity index (χ4n) is 5.33. The molecule has 0 N–H and O–H groups in total. The van der Waals surface area contributed by atoms with Crippen LogP contribution in [0.2, 0.25) is 0 Å². The number of halogens is 1. The van der Waals surface area contributed by atoms with E-state index < -0.39 is 12.0 Å². The van der Waals surface area contributed by atoms with E-state index in [2.05, 4.69) is 64.7 Å². The van der Waals surface area contributed by atoms with Gasteiger partial charge < -0.3 is 18.8 Å². The number of aryl methyl sites for hydroxylation is 2. The zero-order valence-corrected chi connectivity index (χ0v) is 27.0. The standard InChI is InChI=1S/C32H32BrN3O5S/c1-8-41-31(38)28-19(4)34-32-36(29(28)23-15-25(39-6)26(40-7)16-24(23)33)30(37)27(42-32)14-21-13-18(3)35(20(21)5)22-11-9-17(2)10-12-22/h9-16,29H,8H2,1-7H3/b27-14-/t29-/m0/s1. The van der Waals surface area contributed by atoms with Crippen molar-refractivity contribution in [3.63, 3.8) is 0 Å². The predicted octanol–water partition coefficient (Wildman–Crippen LogP) is 5.29. The molecule has 0 amide bonds. The lowest BCUT2D eigenvalue weighted by atomic mass is 9.95. The third-order valence-electron chi connectivity index (χ3n) is 7.36. The van der Waals surface area contributed by atoms with Crippen molar-refractivity contribution in [1.82, 2.24) is 9.13 Å². The number of fused-ring (bicyclic) bond motifs is 1. The molecule has 1 atom stereocenters. The van der Waals surface area contributed by atoms with Crippen molar-refractivity contribution in [2.75, 3.05) is 20.8 Å². The number of carbonyl (C=O) groups is 1. The summed E-state index contributed by atoms with van der Waals surface area (Å²) in [5, 5.41) is 0. The molecule has 0 saturated carbocycles. The van der Waals surface area contributed by atoms with Crippen LogP contribution >= 0.6 is 27.3 Å². The maximum Gasteiger partial charge on any atom is 0.338 e. The van der Waals surface area contributed by atoms with Gasteiger partial charge in [0.05, 0.1) is 42.7 Å². The SMILES string of the molecule is CCOC(=O)C1=C(C)N=c2s/c(=C\c3cc(C)n(-c4ccc(C)cc4)c3C)c(=O)n2[C@H]1c1cc(OC)c(OC)cc1Br. The molecule has 0 fully saturated rings. The van der Waals surface area contributed by atoms with E-state index >= 15 is 0 Å². The summed E-state index contributed by atoms with van der Waals surface area (Å²) in [6.07, 6.45) is 1.90. The minimum atomic E-state index is -0.795. The van der Waals surface area contributed by atoms with E-state index in [1.54, 1.807) is 44.8 Å². The first-order valence-electron chi connectivity index (χ1n) is 13.5. The van der Waals surface area contributed by atoms with Gasteiger partial charge in [0.2, 0.25) is 0 Å². The molecule has 218 valence electrons. The van der Waals surface area contributed by atoms with Crippen molar-refractivity contribution < 1.29 is 19.0 Å². The lowest BCUT2D eigenvalue weighted by Gasteiger charge is -2.26. The van der Waals surface area contributed by atoms with Gasteiger partial charge in [0, 0.05) is 21.5 Å². The van der Waals surface area contributed by atoms with Gasteiger partial charge >= 0.3 is 5.97 Å². The number of ether oxygens (including phenoxy) is 3. The molecule has 2 aromatic heterocycles.